The van der Waals surface area contributed by atoms with Crippen LogP contribution in [0.15, 0.2) is 30.3 Å². The fourth-order valence-corrected chi connectivity index (χ4v) is 2.50. The molecule has 0 unspecified atom stereocenters. The van der Waals surface area contributed by atoms with Crippen LogP contribution in [0.25, 0.3) is 11.3 Å². The first-order valence-electron chi connectivity index (χ1n) is 7.27. The van der Waals surface area contributed by atoms with Gasteiger partial charge in [0.1, 0.15) is 17.1 Å². The molecule has 3 N–H and O–H groups in total. The van der Waals surface area contributed by atoms with Crippen LogP contribution in [0.1, 0.15) is 30.3 Å². The number of carboxylic acid groups (broad SMARTS) is 1. The number of aliphatic carboxylic acids is 1. The zero-order chi connectivity index (χ0) is 16.6. The number of nitrogens with zero attached hydrogens (tertiary/aromatic N) is 1. The molecule has 1 aromatic heterocycles. The van der Waals surface area contributed by atoms with E-state index >= 15 is 0 Å². The van der Waals surface area contributed by atoms with Gasteiger partial charge >= 0.3 is 5.97 Å². The number of nitrogens with one attached hydrogen (secondary N) is 2. The van der Waals surface area contributed by atoms with Crippen LogP contribution in [0.4, 0.5) is 4.39 Å². The van der Waals surface area contributed by atoms with Gasteiger partial charge in [-0.1, -0.05) is 0 Å². The Kier molecular flexibility index (Phi) is 3.63. The molecule has 3 rings (SSSR count). The summed E-state index contributed by atoms with van der Waals surface area (Å²) in [6.07, 6.45) is 1.57. The van der Waals surface area contributed by atoms with Crippen LogP contribution < -0.4 is 5.32 Å². The molecule has 0 aliphatic heterocycles. The first-order valence-corrected chi connectivity index (χ1v) is 7.27. The normalized spacial score (nSPS) is 16.6. The van der Waals surface area contributed by atoms with E-state index < -0.39 is 17.4 Å². The second-order valence-corrected chi connectivity index (χ2v) is 5.91. The molecule has 0 saturated heterocycles. The molecule has 6 nitrogen and oxygen atoms in total. The molecule has 1 saturated carbocycles. The van der Waals surface area contributed by atoms with E-state index in [1.807, 2.05) is 0 Å². The minimum Gasteiger partial charge on any atom is -0.480 e. The van der Waals surface area contributed by atoms with E-state index in [0.29, 0.717) is 11.3 Å². The van der Waals surface area contributed by atoms with Crippen molar-refractivity contribution in [3.05, 3.63) is 41.8 Å². The van der Waals surface area contributed by atoms with Gasteiger partial charge < -0.3 is 10.4 Å². The SMILES string of the molecule is C[C@@](NC(=O)c1cc(-c2ccc(F)cc2)n[nH]1)(C(=O)O)C1CC1. The van der Waals surface area contributed by atoms with Gasteiger partial charge in [0.15, 0.2) is 0 Å². The summed E-state index contributed by atoms with van der Waals surface area (Å²) in [7, 11) is 0. The summed E-state index contributed by atoms with van der Waals surface area (Å²) < 4.78 is 12.9. The molecule has 23 heavy (non-hydrogen) atoms. The molecule has 2 aromatic rings. The molecule has 7 heteroatoms. The van der Waals surface area contributed by atoms with Crippen LogP contribution in [0.3, 0.4) is 0 Å². The Morgan fingerprint density at radius 2 is 2.00 bits per heavy atom. The van der Waals surface area contributed by atoms with Gasteiger partial charge in [-0.05, 0) is 56.0 Å². The second-order valence-electron chi connectivity index (χ2n) is 5.91. The Bertz CT molecular complexity index is 752. The first-order chi connectivity index (χ1) is 10.9. The average Bonchev–Trinajstić information content (AvgIpc) is 3.26. The van der Waals surface area contributed by atoms with E-state index in [4.69, 9.17) is 0 Å². The number of carbonyl (C=O) groups excluding carboxylic acids is 1. The third-order valence-corrected chi connectivity index (χ3v) is 4.17. The number of H-pyrrole nitrogens is 1. The van der Waals surface area contributed by atoms with Crippen LogP contribution in [-0.4, -0.2) is 32.7 Å². The van der Waals surface area contributed by atoms with E-state index in [1.165, 1.54) is 25.1 Å². The van der Waals surface area contributed by atoms with Crippen molar-refractivity contribution in [2.24, 2.45) is 5.92 Å². The quantitative estimate of drug-likeness (QED) is 0.788. The lowest BCUT2D eigenvalue weighted by molar-refractivity contribution is -0.144. The summed E-state index contributed by atoms with van der Waals surface area (Å²) in [4.78, 5) is 23.7. The van der Waals surface area contributed by atoms with Crippen molar-refractivity contribution in [1.29, 1.82) is 0 Å². The maximum Gasteiger partial charge on any atom is 0.329 e. The van der Waals surface area contributed by atoms with E-state index in [9.17, 15) is 19.1 Å². The number of amides is 1. The van der Waals surface area contributed by atoms with E-state index in [2.05, 4.69) is 15.5 Å². The third-order valence-electron chi connectivity index (χ3n) is 4.17. The summed E-state index contributed by atoms with van der Waals surface area (Å²) in [5.41, 5.74) is 0.0269. The molecular weight excluding hydrogens is 301 g/mol. The highest BCUT2D eigenvalue weighted by atomic mass is 19.1. The van der Waals surface area contributed by atoms with Gasteiger partial charge in [-0.25, -0.2) is 9.18 Å². The highest BCUT2D eigenvalue weighted by Crippen LogP contribution is 2.39. The molecule has 1 aliphatic rings. The molecular formula is C16H16FN3O3. The van der Waals surface area contributed by atoms with Crippen LogP contribution in [-0.2, 0) is 4.79 Å². The van der Waals surface area contributed by atoms with Crippen LogP contribution in [0.5, 0.6) is 0 Å². The number of hydrogen-bond acceptors (Lipinski definition) is 3. The molecule has 0 bridgehead atoms. The van der Waals surface area contributed by atoms with Crippen LogP contribution in [0.2, 0.25) is 0 Å². The van der Waals surface area contributed by atoms with Crippen molar-refractivity contribution in [2.45, 2.75) is 25.3 Å². The Balaban J connectivity index is 1.78. The first kappa shape index (κ1) is 15.2. The predicted octanol–water partition coefficient (Wildman–Crippen LogP) is 2.20. The molecule has 1 fully saturated rings. The Hall–Kier alpha value is -2.70. The minimum absolute atomic E-state index is 0.0524. The zero-order valence-corrected chi connectivity index (χ0v) is 12.5. The molecule has 0 radical (unpaired) electrons. The van der Waals surface area contributed by atoms with Gasteiger partial charge in [-0.15, -0.1) is 0 Å². The summed E-state index contributed by atoms with van der Waals surface area (Å²) in [5, 5.41) is 18.6. The number of halogens is 1. The average molecular weight is 317 g/mol. The fourth-order valence-electron chi connectivity index (χ4n) is 2.50. The fraction of sp³-hybridized carbons (Fsp3) is 0.312. The number of carboxylic acids is 1. The highest BCUT2D eigenvalue weighted by Gasteiger charge is 2.48. The van der Waals surface area contributed by atoms with E-state index in [-0.39, 0.29) is 17.4 Å². The number of aromatic amines is 1. The molecule has 1 atom stereocenters. The standard InChI is InChI=1S/C16H16FN3O3/c1-16(15(22)23,10-4-5-10)18-14(21)13-8-12(19-20-13)9-2-6-11(17)7-3-9/h2-3,6-8,10H,4-5H2,1H3,(H,18,21)(H,19,20)(H,22,23)/t16-/m0/s1. The summed E-state index contributed by atoms with van der Waals surface area (Å²) in [6, 6.07) is 7.23. The third kappa shape index (κ3) is 2.94. The zero-order valence-electron chi connectivity index (χ0n) is 12.5. The van der Waals surface area contributed by atoms with Crippen LogP contribution >= 0.6 is 0 Å². The number of rotatable bonds is 5. The molecule has 0 spiro atoms. The van der Waals surface area contributed by atoms with Crippen molar-refractivity contribution in [3.8, 4) is 11.3 Å². The molecule has 1 heterocycles. The van der Waals surface area contributed by atoms with E-state index in [0.717, 1.165) is 12.8 Å². The van der Waals surface area contributed by atoms with Gasteiger partial charge in [0.25, 0.3) is 5.91 Å². The molecule has 120 valence electrons. The maximum atomic E-state index is 12.9. The number of aromatic nitrogens is 2. The Labute approximate surface area is 131 Å². The van der Waals surface area contributed by atoms with Crippen molar-refractivity contribution in [3.63, 3.8) is 0 Å². The van der Waals surface area contributed by atoms with Crippen molar-refractivity contribution >= 4 is 11.9 Å². The van der Waals surface area contributed by atoms with Gasteiger partial charge in [0.2, 0.25) is 0 Å². The summed E-state index contributed by atoms with van der Waals surface area (Å²) in [6.45, 7) is 1.52. The lowest BCUT2D eigenvalue weighted by atomic mass is 9.96. The second kappa shape index (κ2) is 5.49. The van der Waals surface area contributed by atoms with E-state index in [1.54, 1.807) is 12.1 Å². The highest BCUT2D eigenvalue weighted by molar-refractivity contribution is 5.97. The van der Waals surface area contributed by atoms with Gasteiger partial charge in [0.05, 0.1) is 5.69 Å². The Morgan fingerprint density at radius 1 is 1.35 bits per heavy atom. The lowest BCUT2D eigenvalue weighted by Crippen LogP contribution is -2.54. The predicted molar refractivity (Wildman–Crippen MR) is 80.2 cm³/mol. The van der Waals surface area contributed by atoms with Gasteiger partial charge in [0, 0.05) is 5.56 Å². The van der Waals surface area contributed by atoms with Crippen molar-refractivity contribution in [1.82, 2.24) is 15.5 Å². The Morgan fingerprint density at radius 3 is 2.57 bits per heavy atom. The summed E-state index contributed by atoms with van der Waals surface area (Å²) >= 11 is 0. The van der Waals surface area contributed by atoms with Crippen molar-refractivity contribution in [2.75, 3.05) is 0 Å². The van der Waals surface area contributed by atoms with Gasteiger partial charge in [-0.2, -0.15) is 5.10 Å². The lowest BCUT2D eigenvalue weighted by Gasteiger charge is -2.25. The van der Waals surface area contributed by atoms with Gasteiger partial charge in [-0.3, -0.25) is 9.89 Å². The smallest absolute Gasteiger partial charge is 0.329 e. The topological polar surface area (TPSA) is 95.1 Å². The number of benzene rings is 1. The largest absolute Gasteiger partial charge is 0.480 e. The molecule has 1 aliphatic carbocycles. The van der Waals surface area contributed by atoms with Crippen molar-refractivity contribution < 1.29 is 19.1 Å². The van der Waals surface area contributed by atoms with Crippen LogP contribution in [0, 0.1) is 11.7 Å². The number of hydrogen-bond donors (Lipinski definition) is 3. The monoisotopic (exact) mass is 317 g/mol. The maximum absolute atomic E-state index is 12.9. The minimum atomic E-state index is -1.28. The number of carbonyl (C=O) groups is 2. The molecule has 1 aromatic carbocycles. The molecule has 1 amide bonds. The summed E-state index contributed by atoms with van der Waals surface area (Å²) in [5.74, 6) is -1.98.